The summed E-state index contributed by atoms with van der Waals surface area (Å²) < 4.78 is 5.87. The Morgan fingerprint density at radius 1 is 1.29 bits per heavy atom. The lowest BCUT2D eigenvalue weighted by Gasteiger charge is -2.13. The van der Waals surface area contributed by atoms with E-state index in [4.69, 9.17) is 15.7 Å². The predicted molar refractivity (Wildman–Crippen MR) is 84.5 cm³/mol. The highest BCUT2D eigenvalue weighted by molar-refractivity contribution is 7.98. The van der Waals surface area contributed by atoms with Crippen LogP contribution < -0.4 is 10.5 Å². The lowest BCUT2D eigenvalue weighted by molar-refractivity contribution is 0.318. The van der Waals surface area contributed by atoms with Crippen molar-refractivity contribution in [1.29, 1.82) is 0 Å². The van der Waals surface area contributed by atoms with Crippen LogP contribution in [0.25, 0.3) is 0 Å². The van der Waals surface area contributed by atoms with E-state index in [1.807, 2.05) is 37.4 Å². The van der Waals surface area contributed by atoms with Crippen LogP contribution in [0, 0.1) is 13.8 Å². The molecule has 0 unspecified atom stereocenters. The van der Waals surface area contributed by atoms with E-state index in [-0.39, 0.29) is 5.84 Å². The number of rotatable bonds is 4. The molecule has 0 spiro atoms. The van der Waals surface area contributed by atoms with Crippen molar-refractivity contribution in [2.45, 2.75) is 18.7 Å². The van der Waals surface area contributed by atoms with Crippen LogP contribution in [0.4, 0.5) is 0 Å². The van der Waals surface area contributed by atoms with E-state index in [2.05, 4.69) is 10.1 Å². The molecule has 0 bridgehead atoms. The average molecular weight is 303 g/mol. The highest BCUT2D eigenvalue weighted by atomic mass is 32.2. The molecule has 0 fully saturated rings. The number of benzene rings is 1. The fourth-order valence-electron chi connectivity index (χ4n) is 2.01. The second-order valence-electron chi connectivity index (χ2n) is 4.49. The summed E-state index contributed by atoms with van der Waals surface area (Å²) in [6.45, 7) is 3.66. The summed E-state index contributed by atoms with van der Waals surface area (Å²) in [5, 5.41) is 12.0. The molecule has 5 nitrogen and oxygen atoms in total. The fourth-order valence-corrected chi connectivity index (χ4v) is 2.41. The molecule has 110 valence electrons. The minimum absolute atomic E-state index is 0.0178. The van der Waals surface area contributed by atoms with Gasteiger partial charge >= 0.3 is 0 Å². The summed E-state index contributed by atoms with van der Waals surface area (Å²) in [5.74, 6) is 1.19. The maximum Gasteiger partial charge on any atom is 0.175 e. The van der Waals surface area contributed by atoms with Gasteiger partial charge in [-0.2, -0.15) is 0 Å². The van der Waals surface area contributed by atoms with E-state index in [0.29, 0.717) is 22.8 Å². The molecular formula is C15H17N3O2S. The molecule has 0 atom stereocenters. The fraction of sp³-hybridized carbons (Fsp3) is 0.200. The molecular weight excluding hydrogens is 286 g/mol. The number of hydrogen-bond donors (Lipinski definition) is 2. The zero-order valence-electron chi connectivity index (χ0n) is 12.1. The van der Waals surface area contributed by atoms with Crippen molar-refractivity contribution >= 4 is 17.6 Å². The second-order valence-corrected chi connectivity index (χ2v) is 5.36. The minimum atomic E-state index is -0.0178. The van der Waals surface area contributed by atoms with E-state index in [9.17, 15) is 0 Å². The Bertz CT molecular complexity index is 669. The molecule has 0 saturated carbocycles. The first-order valence-corrected chi connectivity index (χ1v) is 7.55. The van der Waals surface area contributed by atoms with Crippen molar-refractivity contribution in [1.82, 2.24) is 4.98 Å². The first-order chi connectivity index (χ1) is 10.0. The predicted octanol–water partition coefficient (Wildman–Crippen LogP) is 3.31. The zero-order chi connectivity index (χ0) is 15.4. The zero-order valence-corrected chi connectivity index (χ0v) is 12.9. The molecule has 1 aromatic heterocycles. The van der Waals surface area contributed by atoms with Crippen LogP contribution in [-0.2, 0) is 0 Å². The van der Waals surface area contributed by atoms with Crippen molar-refractivity contribution in [2.75, 3.05) is 6.26 Å². The van der Waals surface area contributed by atoms with Crippen LogP contribution in [-0.4, -0.2) is 22.3 Å². The van der Waals surface area contributed by atoms with E-state index in [1.54, 1.807) is 24.8 Å². The summed E-state index contributed by atoms with van der Waals surface area (Å²) in [4.78, 5) is 5.47. The van der Waals surface area contributed by atoms with Crippen molar-refractivity contribution in [3.05, 3.63) is 47.3 Å². The van der Waals surface area contributed by atoms with Crippen molar-refractivity contribution in [3.63, 3.8) is 0 Å². The van der Waals surface area contributed by atoms with Gasteiger partial charge in [0, 0.05) is 16.7 Å². The molecule has 1 heterocycles. The molecule has 0 aliphatic heterocycles. The van der Waals surface area contributed by atoms with Gasteiger partial charge in [0.2, 0.25) is 0 Å². The third-order valence-electron chi connectivity index (χ3n) is 2.94. The Morgan fingerprint density at radius 2 is 1.95 bits per heavy atom. The number of nitrogens with two attached hydrogens (primary N) is 1. The van der Waals surface area contributed by atoms with Gasteiger partial charge in [-0.25, -0.2) is 0 Å². The largest absolute Gasteiger partial charge is 0.456 e. The molecule has 0 aliphatic carbocycles. The molecule has 6 heteroatoms. The second kappa shape index (κ2) is 6.49. The number of hydrogen-bond acceptors (Lipinski definition) is 5. The maximum atomic E-state index is 8.92. The number of amidine groups is 1. The third-order valence-corrected chi connectivity index (χ3v) is 3.69. The van der Waals surface area contributed by atoms with Gasteiger partial charge in [-0.05, 0) is 44.4 Å². The maximum absolute atomic E-state index is 8.92. The number of nitrogens with zero attached hydrogens (tertiary/aromatic N) is 2. The highest BCUT2D eigenvalue weighted by Gasteiger charge is 2.15. The van der Waals surface area contributed by atoms with Gasteiger partial charge in [-0.3, -0.25) is 4.98 Å². The molecule has 0 aliphatic rings. The summed E-state index contributed by atoms with van der Waals surface area (Å²) in [7, 11) is 0. The van der Waals surface area contributed by atoms with Crippen LogP contribution in [0.1, 0.15) is 17.0 Å². The minimum Gasteiger partial charge on any atom is -0.456 e. The lowest BCUT2D eigenvalue weighted by Crippen LogP contribution is -2.17. The van der Waals surface area contributed by atoms with E-state index in [0.717, 1.165) is 10.6 Å². The summed E-state index contributed by atoms with van der Waals surface area (Å²) in [6, 6.07) is 9.48. The molecule has 0 radical (unpaired) electrons. The SMILES string of the molecule is CSc1ccc(Oc2cc(C)nc(C)c2/C(N)=N/O)cc1. The molecule has 2 aromatic rings. The first-order valence-electron chi connectivity index (χ1n) is 6.33. The average Bonchev–Trinajstić information content (AvgIpc) is 2.47. The third kappa shape index (κ3) is 3.46. The summed E-state index contributed by atoms with van der Waals surface area (Å²) in [6.07, 6.45) is 2.02. The van der Waals surface area contributed by atoms with Crippen LogP contribution >= 0.6 is 11.8 Å². The molecule has 0 saturated heterocycles. The monoisotopic (exact) mass is 303 g/mol. The first kappa shape index (κ1) is 15.2. The molecule has 1 aromatic carbocycles. The Kier molecular flexibility index (Phi) is 4.70. The van der Waals surface area contributed by atoms with Gasteiger partial charge in [0.1, 0.15) is 11.5 Å². The quantitative estimate of drug-likeness (QED) is 0.298. The molecule has 3 N–H and O–H groups in total. The van der Waals surface area contributed by atoms with Crippen molar-refractivity contribution in [2.24, 2.45) is 10.9 Å². The standard InChI is InChI=1S/C15H17N3O2S/c1-9-8-13(14(10(2)17-9)15(16)18-19)20-11-4-6-12(21-3)7-5-11/h4-8,19H,1-3H3,(H2,16,18). The number of oxime groups is 1. The number of pyridine rings is 1. The van der Waals surface area contributed by atoms with Gasteiger partial charge < -0.3 is 15.7 Å². The van der Waals surface area contributed by atoms with E-state index < -0.39 is 0 Å². The summed E-state index contributed by atoms with van der Waals surface area (Å²) >= 11 is 1.66. The van der Waals surface area contributed by atoms with Gasteiger partial charge in [0.05, 0.1) is 11.3 Å². The Morgan fingerprint density at radius 3 is 2.52 bits per heavy atom. The topological polar surface area (TPSA) is 80.7 Å². The van der Waals surface area contributed by atoms with Gasteiger partial charge in [-0.15, -0.1) is 11.8 Å². The van der Waals surface area contributed by atoms with Gasteiger partial charge in [0.15, 0.2) is 5.84 Å². The molecule has 2 rings (SSSR count). The van der Waals surface area contributed by atoms with Crippen LogP contribution in [0.5, 0.6) is 11.5 Å². The number of thioether (sulfide) groups is 1. The van der Waals surface area contributed by atoms with Crippen LogP contribution in [0.3, 0.4) is 0 Å². The number of aromatic nitrogens is 1. The van der Waals surface area contributed by atoms with Crippen molar-refractivity contribution < 1.29 is 9.94 Å². The Hall–Kier alpha value is -2.21. The highest BCUT2D eigenvalue weighted by Crippen LogP contribution is 2.29. The molecule has 0 amide bonds. The van der Waals surface area contributed by atoms with Crippen LogP contribution in [0.15, 0.2) is 40.4 Å². The van der Waals surface area contributed by atoms with Gasteiger partial charge in [-0.1, -0.05) is 5.16 Å². The number of ether oxygens (including phenoxy) is 1. The van der Waals surface area contributed by atoms with E-state index in [1.165, 1.54) is 0 Å². The van der Waals surface area contributed by atoms with Crippen molar-refractivity contribution in [3.8, 4) is 11.5 Å². The Labute approximate surface area is 127 Å². The smallest absolute Gasteiger partial charge is 0.175 e. The van der Waals surface area contributed by atoms with Crippen LogP contribution in [0.2, 0.25) is 0 Å². The normalized spacial score (nSPS) is 11.5. The van der Waals surface area contributed by atoms with Gasteiger partial charge in [0.25, 0.3) is 0 Å². The summed E-state index contributed by atoms with van der Waals surface area (Å²) in [5.41, 5.74) is 7.68. The Balaban J connectivity index is 2.42. The molecule has 21 heavy (non-hydrogen) atoms. The lowest BCUT2D eigenvalue weighted by atomic mass is 10.1. The number of aryl methyl sites for hydroxylation is 2. The van der Waals surface area contributed by atoms with E-state index >= 15 is 0 Å².